The van der Waals surface area contributed by atoms with Gasteiger partial charge in [-0.05, 0) is 36.8 Å². The molecule has 0 amide bonds. The van der Waals surface area contributed by atoms with Crippen LogP contribution in [0.4, 0.5) is 0 Å². The monoisotopic (exact) mass is 232 g/mol. The van der Waals surface area contributed by atoms with Crippen LogP contribution in [0.15, 0.2) is 24.3 Å². The van der Waals surface area contributed by atoms with Gasteiger partial charge in [-0.2, -0.15) is 0 Å². The van der Waals surface area contributed by atoms with Crippen molar-refractivity contribution in [3.05, 3.63) is 41.0 Å². The summed E-state index contributed by atoms with van der Waals surface area (Å²) in [4.78, 5) is 23.4. The summed E-state index contributed by atoms with van der Waals surface area (Å²) in [7, 11) is 1.50. The number of hydrogen-bond acceptors (Lipinski definition) is 4. The number of hydrogen-bond donors (Lipinski definition) is 0. The molecule has 0 fully saturated rings. The van der Waals surface area contributed by atoms with Gasteiger partial charge in [-0.3, -0.25) is 9.59 Å². The van der Waals surface area contributed by atoms with E-state index in [0.29, 0.717) is 16.9 Å². The third-order valence-corrected chi connectivity index (χ3v) is 2.48. The molecule has 4 heteroatoms. The number of ketones is 2. The second-order valence-electron chi connectivity index (χ2n) is 3.80. The number of allylic oxidation sites excluding steroid dienone is 2. The summed E-state index contributed by atoms with van der Waals surface area (Å²) in [6, 6.07) is 3.42. The molecule has 0 aromatic heterocycles. The van der Waals surface area contributed by atoms with Gasteiger partial charge in [0, 0.05) is 12.7 Å². The van der Waals surface area contributed by atoms with Crippen molar-refractivity contribution in [3.63, 3.8) is 0 Å². The Kier molecular flexibility index (Phi) is 3.06. The van der Waals surface area contributed by atoms with E-state index in [1.165, 1.54) is 19.3 Å². The molecule has 17 heavy (non-hydrogen) atoms. The molecule has 1 aromatic carbocycles. The van der Waals surface area contributed by atoms with Crippen LogP contribution in [0.3, 0.4) is 0 Å². The molecule has 4 nitrogen and oxygen atoms in total. The van der Waals surface area contributed by atoms with Crippen molar-refractivity contribution in [3.8, 4) is 5.75 Å². The smallest absolute Gasteiger partial charge is 0.190 e. The van der Waals surface area contributed by atoms with Crippen LogP contribution in [0, 0.1) is 6.92 Å². The third kappa shape index (κ3) is 2.12. The average molecular weight is 232 g/mol. The van der Waals surface area contributed by atoms with Gasteiger partial charge in [0.05, 0.1) is 5.56 Å². The first-order chi connectivity index (χ1) is 8.13. The summed E-state index contributed by atoms with van der Waals surface area (Å²) < 4.78 is 10.1. The van der Waals surface area contributed by atoms with Crippen molar-refractivity contribution in [1.29, 1.82) is 0 Å². The number of methoxy groups -OCH3 is 1. The fraction of sp³-hybridized carbons (Fsp3) is 0.231. The van der Waals surface area contributed by atoms with Crippen LogP contribution in [0.2, 0.25) is 0 Å². The van der Waals surface area contributed by atoms with E-state index in [1.54, 1.807) is 12.1 Å². The molecule has 2 rings (SSSR count). The molecular weight excluding hydrogens is 220 g/mol. The Labute approximate surface area is 98.8 Å². The van der Waals surface area contributed by atoms with Gasteiger partial charge in [0.15, 0.2) is 18.4 Å². The molecular formula is C13H12O4. The van der Waals surface area contributed by atoms with Gasteiger partial charge < -0.3 is 9.47 Å². The lowest BCUT2D eigenvalue weighted by molar-refractivity contribution is 0.0502. The van der Waals surface area contributed by atoms with E-state index in [4.69, 9.17) is 9.47 Å². The van der Waals surface area contributed by atoms with E-state index in [2.05, 4.69) is 0 Å². The molecule has 0 radical (unpaired) electrons. The average Bonchev–Trinajstić information content (AvgIpc) is 2.30. The van der Waals surface area contributed by atoms with Gasteiger partial charge in [0.1, 0.15) is 5.75 Å². The van der Waals surface area contributed by atoms with E-state index < -0.39 is 0 Å². The molecule has 88 valence electrons. The number of rotatable bonds is 3. The number of aryl methyl sites for hydroxylation is 1. The van der Waals surface area contributed by atoms with Crippen molar-refractivity contribution in [2.45, 2.75) is 6.92 Å². The highest BCUT2D eigenvalue weighted by molar-refractivity contribution is 6.23. The zero-order valence-corrected chi connectivity index (χ0v) is 9.65. The van der Waals surface area contributed by atoms with Crippen LogP contribution in [-0.2, 0) is 4.74 Å². The fourth-order valence-corrected chi connectivity index (χ4v) is 1.76. The van der Waals surface area contributed by atoms with Crippen molar-refractivity contribution in [2.24, 2.45) is 0 Å². The topological polar surface area (TPSA) is 52.6 Å². The quantitative estimate of drug-likeness (QED) is 0.747. The van der Waals surface area contributed by atoms with E-state index in [-0.39, 0.29) is 18.4 Å². The minimum atomic E-state index is -0.217. The molecule has 0 N–H and O–H groups in total. The Bertz CT molecular complexity index is 514. The Morgan fingerprint density at radius 1 is 1.12 bits per heavy atom. The van der Waals surface area contributed by atoms with Crippen LogP contribution >= 0.6 is 0 Å². The normalized spacial score (nSPS) is 13.8. The summed E-state index contributed by atoms with van der Waals surface area (Å²) in [5, 5.41) is 0. The zero-order chi connectivity index (χ0) is 12.4. The van der Waals surface area contributed by atoms with Gasteiger partial charge in [-0.15, -0.1) is 0 Å². The lowest BCUT2D eigenvalue weighted by Crippen LogP contribution is -2.14. The molecule has 1 aliphatic carbocycles. The standard InChI is InChI=1S/C13H12O4/c1-8-5-9-10(14)3-4-11(15)13(9)12(6-8)17-7-16-2/h3-6H,7H2,1-2H3. The molecule has 1 aliphatic rings. The largest absolute Gasteiger partial charge is 0.467 e. The number of fused-ring (bicyclic) bond motifs is 1. The Morgan fingerprint density at radius 3 is 2.53 bits per heavy atom. The summed E-state index contributed by atoms with van der Waals surface area (Å²) in [6.07, 6.45) is 2.55. The zero-order valence-electron chi connectivity index (χ0n) is 9.65. The first kappa shape index (κ1) is 11.5. The van der Waals surface area contributed by atoms with Gasteiger partial charge in [-0.1, -0.05) is 0 Å². The molecule has 0 unspecified atom stereocenters. The van der Waals surface area contributed by atoms with Crippen LogP contribution in [0.25, 0.3) is 0 Å². The Morgan fingerprint density at radius 2 is 1.82 bits per heavy atom. The minimum Gasteiger partial charge on any atom is -0.467 e. The lowest BCUT2D eigenvalue weighted by atomic mass is 9.92. The predicted molar refractivity (Wildman–Crippen MR) is 61.5 cm³/mol. The maximum absolute atomic E-state index is 11.8. The number of carbonyl (C=O) groups excluding carboxylic acids is 2. The highest BCUT2D eigenvalue weighted by Crippen LogP contribution is 2.28. The van der Waals surface area contributed by atoms with E-state index in [9.17, 15) is 9.59 Å². The first-order valence-electron chi connectivity index (χ1n) is 5.16. The molecule has 0 aliphatic heterocycles. The van der Waals surface area contributed by atoms with Crippen molar-refractivity contribution >= 4 is 11.6 Å². The highest BCUT2D eigenvalue weighted by Gasteiger charge is 2.23. The lowest BCUT2D eigenvalue weighted by Gasteiger charge is -2.15. The molecule has 0 spiro atoms. The second-order valence-corrected chi connectivity index (χ2v) is 3.80. The number of carbonyl (C=O) groups is 2. The second kappa shape index (κ2) is 4.51. The highest BCUT2D eigenvalue weighted by atomic mass is 16.7. The molecule has 0 atom stereocenters. The Balaban J connectivity index is 2.54. The summed E-state index contributed by atoms with van der Waals surface area (Å²) in [5.41, 5.74) is 1.58. The van der Waals surface area contributed by atoms with Crippen molar-refractivity contribution in [2.75, 3.05) is 13.9 Å². The van der Waals surface area contributed by atoms with Crippen LogP contribution in [-0.4, -0.2) is 25.5 Å². The molecule has 0 bridgehead atoms. The van der Waals surface area contributed by atoms with Crippen molar-refractivity contribution in [1.82, 2.24) is 0 Å². The molecule has 0 heterocycles. The van der Waals surface area contributed by atoms with E-state index in [0.717, 1.165) is 5.56 Å². The van der Waals surface area contributed by atoms with E-state index in [1.807, 2.05) is 6.92 Å². The van der Waals surface area contributed by atoms with E-state index >= 15 is 0 Å². The van der Waals surface area contributed by atoms with Crippen LogP contribution < -0.4 is 4.74 Å². The van der Waals surface area contributed by atoms with Gasteiger partial charge in [0.2, 0.25) is 0 Å². The van der Waals surface area contributed by atoms with Crippen LogP contribution in [0.5, 0.6) is 5.75 Å². The van der Waals surface area contributed by atoms with Crippen LogP contribution in [0.1, 0.15) is 26.3 Å². The SMILES string of the molecule is COCOc1cc(C)cc2c1C(=O)C=CC2=O. The Hall–Kier alpha value is -1.94. The van der Waals surface area contributed by atoms with Crippen molar-refractivity contribution < 1.29 is 19.1 Å². The fourth-order valence-electron chi connectivity index (χ4n) is 1.76. The summed E-state index contributed by atoms with van der Waals surface area (Å²) in [6.45, 7) is 1.89. The molecule has 0 saturated carbocycles. The van der Waals surface area contributed by atoms with Gasteiger partial charge in [0.25, 0.3) is 0 Å². The summed E-state index contributed by atoms with van der Waals surface area (Å²) in [5.74, 6) is 0.000759. The maximum Gasteiger partial charge on any atom is 0.190 e. The predicted octanol–water partition coefficient (Wildman–Crippen LogP) is 1.91. The first-order valence-corrected chi connectivity index (χ1v) is 5.16. The number of benzene rings is 1. The maximum atomic E-state index is 11.8. The molecule has 1 aromatic rings. The minimum absolute atomic E-state index is 0.0427. The summed E-state index contributed by atoms with van der Waals surface area (Å²) >= 11 is 0. The van der Waals surface area contributed by atoms with Gasteiger partial charge >= 0.3 is 0 Å². The number of ether oxygens (including phenoxy) is 2. The molecule has 0 saturated heterocycles. The third-order valence-electron chi connectivity index (χ3n) is 2.48. The van der Waals surface area contributed by atoms with Gasteiger partial charge in [-0.25, -0.2) is 0 Å².